The molecule has 4 atom stereocenters. The van der Waals surface area contributed by atoms with Crippen molar-refractivity contribution in [2.24, 2.45) is 5.92 Å². The summed E-state index contributed by atoms with van der Waals surface area (Å²) >= 11 is 0.946. The second-order valence-electron chi connectivity index (χ2n) is 7.26. The van der Waals surface area contributed by atoms with Gasteiger partial charge in [-0.05, 0) is 36.0 Å². The number of benzene rings is 1. The number of fused-ring (bicyclic) bond motifs is 2. The predicted molar refractivity (Wildman–Crippen MR) is 109 cm³/mol. The van der Waals surface area contributed by atoms with Gasteiger partial charge < -0.3 is 24.5 Å². The summed E-state index contributed by atoms with van der Waals surface area (Å²) in [7, 11) is 0. The monoisotopic (exact) mass is 460 g/mol. The molecular formula is C20H17FN4O6S. The van der Waals surface area contributed by atoms with Gasteiger partial charge in [-0.15, -0.1) is 0 Å². The third kappa shape index (κ3) is 3.45. The lowest BCUT2D eigenvalue weighted by Gasteiger charge is -2.21. The van der Waals surface area contributed by atoms with Crippen LogP contribution in [0.5, 0.6) is 0 Å². The van der Waals surface area contributed by atoms with Crippen LogP contribution < -0.4 is 5.63 Å². The van der Waals surface area contributed by atoms with Gasteiger partial charge in [-0.2, -0.15) is 0 Å². The number of imidazole rings is 1. The molecule has 1 fully saturated rings. The molecule has 3 aromatic heterocycles. The first-order chi connectivity index (χ1) is 15.5. The molecule has 5 rings (SSSR count). The van der Waals surface area contributed by atoms with Crippen LogP contribution in [-0.2, 0) is 4.74 Å². The fraction of sp³-hybridized carbons (Fsp3) is 0.300. The number of rotatable bonds is 5. The van der Waals surface area contributed by atoms with Crippen LogP contribution >= 0.6 is 11.8 Å². The zero-order chi connectivity index (χ0) is 22.4. The molecule has 0 spiro atoms. The highest BCUT2D eigenvalue weighted by Crippen LogP contribution is 2.40. The molecule has 4 heterocycles. The molecule has 0 saturated carbocycles. The lowest BCUT2D eigenvalue weighted by atomic mass is 10.0. The molecule has 166 valence electrons. The smallest absolute Gasteiger partial charge is 0.350 e. The van der Waals surface area contributed by atoms with Gasteiger partial charge in [-0.1, -0.05) is 0 Å². The predicted octanol–water partition coefficient (Wildman–Crippen LogP) is 1.08. The number of nitrogens with zero attached hydrogens (tertiary/aromatic N) is 4. The van der Waals surface area contributed by atoms with Crippen molar-refractivity contribution in [1.29, 1.82) is 0 Å². The zero-order valence-electron chi connectivity index (χ0n) is 16.3. The van der Waals surface area contributed by atoms with Crippen molar-refractivity contribution in [3.8, 4) is 0 Å². The Morgan fingerprint density at radius 3 is 2.84 bits per heavy atom. The summed E-state index contributed by atoms with van der Waals surface area (Å²) in [6.07, 6.45) is -0.169. The molecular weight excluding hydrogens is 443 g/mol. The summed E-state index contributed by atoms with van der Waals surface area (Å²) in [6.45, 7) is -0.868. The van der Waals surface area contributed by atoms with E-state index >= 15 is 0 Å². The maximum atomic E-state index is 13.7. The number of aliphatic hydroxyl groups is 3. The van der Waals surface area contributed by atoms with Crippen LogP contribution in [0.3, 0.4) is 0 Å². The molecule has 32 heavy (non-hydrogen) atoms. The standard InChI is InChI=1S/C20H17FN4O6S/c21-10-1-2-13-9(3-10)4-15(19(29)31-13)32-20-24-12-5-22-8-23-17(12)25(20)18-11(6-26)16(28)14(7-27)30-18/h1-5,8,11,14,16,18,26-28H,6-7H2/t11-,14-,16+,18-/m1/s1. The van der Waals surface area contributed by atoms with E-state index in [-0.39, 0.29) is 15.6 Å². The summed E-state index contributed by atoms with van der Waals surface area (Å²) < 4.78 is 26.3. The van der Waals surface area contributed by atoms with Crippen molar-refractivity contribution in [2.45, 2.75) is 28.5 Å². The van der Waals surface area contributed by atoms with E-state index in [1.54, 1.807) is 0 Å². The Hall–Kier alpha value is -2.90. The first-order valence-electron chi connectivity index (χ1n) is 9.64. The van der Waals surface area contributed by atoms with Gasteiger partial charge in [-0.25, -0.2) is 24.1 Å². The highest BCUT2D eigenvalue weighted by Gasteiger charge is 2.45. The van der Waals surface area contributed by atoms with E-state index in [1.807, 2.05) is 0 Å². The number of hydrogen-bond acceptors (Lipinski definition) is 10. The maximum Gasteiger partial charge on any atom is 0.350 e. The molecule has 10 nitrogen and oxygen atoms in total. The van der Waals surface area contributed by atoms with Gasteiger partial charge in [0.05, 0.1) is 31.4 Å². The minimum Gasteiger partial charge on any atom is -0.422 e. The van der Waals surface area contributed by atoms with Gasteiger partial charge in [0.2, 0.25) is 0 Å². The van der Waals surface area contributed by atoms with Gasteiger partial charge in [0.1, 0.15) is 40.5 Å². The maximum absolute atomic E-state index is 13.7. The van der Waals surface area contributed by atoms with Gasteiger partial charge in [0, 0.05) is 5.39 Å². The quantitative estimate of drug-likeness (QED) is 0.370. The van der Waals surface area contributed by atoms with Crippen molar-refractivity contribution in [2.75, 3.05) is 13.2 Å². The normalized spacial score (nSPS) is 23.4. The van der Waals surface area contributed by atoms with E-state index in [4.69, 9.17) is 9.15 Å². The Kier molecular flexibility index (Phi) is 5.39. The average molecular weight is 460 g/mol. The topological polar surface area (TPSA) is 144 Å². The van der Waals surface area contributed by atoms with Gasteiger partial charge in [0.15, 0.2) is 10.8 Å². The van der Waals surface area contributed by atoms with E-state index in [2.05, 4.69) is 15.0 Å². The van der Waals surface area contributed by atoms with Crippen LogP contribution in [0.1, 0.15) is 6.23 Å². The molecule has 1 aliphatic heterocycles. The number of aliphatic hydroxyl groups excluding tert-OH is 3. The molecule has 0 bridgehead atoms. The van der Waals surface area contributed by atoms with Crippen LogP contribution in [0.25, 0.3) is 22.1 Å². The average Bonchev–Trinajstić information content (AvgIpc) is 3.30. The van der Waals surface area contributed by atoms with E-state index < -0.39 is 49.0 Å². The van der Waals surface area contributed by atoms with Crippen molar-refractivity contribution >= 4 is 33.9 Å². The van der Waals surface area contributed by atoms with Crippen LogP contribution in [0.4, 0.5) is 4.39 Å². The third-order valence-corrected chi connectivity index (χ3v) is 6.31. The molecule has 1 saturated heterocycles. The van der Waals surface area contributed by atoms with Gasteiger partial charge in [-0.3, -0.25) is 4.57 Å². The largest absolute Gasteiger partial charge is 0.422 e. The molecule has 1 aromatic carbocycles. The lowest BCUT2D eigenvalue weighted by molar-refractivity contribution is -0.0494. The van der Waals surface area contributed by atoms with Crippen LogP contribution in [-0.4, -0.2) is 60.3 Å². The van der Waals surface area contributed by atoms with E-state index in [1.165, 1.54) is 41.4 Å². The number of ether oxygens (including phenoxy) is 1. The minimum absolute atomic E-state index is 0.144. The number of halogens is 1. The second-order valence-corrected chi connectivity index (χ2v) is 8.27. The lowest BCUT2D eigenvalue weighted by Crippen LogP contribution is -2.31. The summed E-state index contributed by atoms with van der Waals surface area (Å²) in [4.78, 5) is 25.4. The number of hydrogen-bond donors (Lipinski definition) is 3. The molecule has 0 amide bonds. The Morgan fingerprint density at radius 1 is 1.22 bits per heavy atom. The van der Waals surface area contributed by atoms with Crippen LogP contribution in [0.2, 0.25) is 0 Å². The second kappa shape index (κ2) is 8.22. The molecule has 0 radical (unpaired) electrons. The van der Waals surface area contributed by atoms with Crippen molar-refractivity contribution in [3.63, 3.8) is 0 Å². The summed E-state index contributed by atoms with van der Waals surface area (Å²) in [6, 6.07) is 5.32. The molecule has 4 aromatic rings. The Morgan fingerprint density at radius 2 is 2.06 bits per heavy atom. The SMILES string of the molecule is O=c1oc2ccc(F)cc2cc1Sc1nc2cncnc2n1[C@@H]1O[C@H](CO)[C@@H](O)[C@H]1CO. The summed E-state index contributed by atoms with van der Waals surface area (Å²) in [5.74, 6) is -1.25. The van der Waals surface area contributed by atoms with Crippen LogP contribution in [0.15, 0.2) is 56.1 Å². The summed E-state index contributed by atoms with van der Waals surface area (Å²) in [5.41, 5.74) is 0.355. The Balaban J connectivity index is 1.64. The Bertz CT molecular complexity index is 1360. The fourth-order valence-corrected chi connectivity index (χ4v) is 4.72. The van der Waals surface area contributed by atoms with E-state index in [0.717, 1.165) is 11.8 Å². The highest BCUT2D eigenvalue weighted by molar-refractivity contribution is 7.99. The van der Waals surface area contributed by atoms with Gasteiger partial charge in [0.25, 0.3) is 0 Å². The highest BCUT2D eigenvalue weighted by atomic mass is 32.2. The van der Waals surface area contributed by atoms with Crippen molar-refractivity contribution in [3.05, 3.63) is 53.0 Å². The number of aromatic nitrogens is 4. The molecule has 3 N–H and O–H groups in total. The Labute approximate surface area is 183 Å². The van der Waals surface area contributed by atoms with Crippen molar-refractivity contribution < 1.29 is 28.9 Å². The zero-order valence-corrected chi connectivity index (χ0v) is 17.1. The van der Waals surface area contributed by atoms with E-state index in [9.17, 15) is 24.5 Å². The van der Waals surface area contributed by atoms with Crippen molar-refractivity contribution in [1.82, 2.24) is 19.5 Å². The fourth-order valence-electron chi connectivity index (χ4n) is 3.78. The van der Waals surface area contributed by atoms with Gasteiger partial charge >= 0.3 is 5.63 Å². The summed E-state index contributed by atoms with van der Waals surface area (Å²) in [5, 5.41) is 30.5. The molecule has 1 aliphatic rings. The molecule has 0 aliphatic carbocycles. The first-order valence-corrected chi connectivity index (χ1v) is 10.5. The molecule has 12 heteroatoms. The molecule has 0 unspecified atom stereocenters. The third-order valence-electron chi connectivity index (χ3n) is 5.33. The first kappa shape index (κ1) is 21.0. The van der Waals surface area contributed by atoms with E-state index in [0.29, 0.717) is 16.6 Å². The van der Waals surface area contributed by atoms with Crippen LogP contribution in [0, 0.1) is 11.7 Å². The minimum atomic E-state index is -1.12.